The van der Waals surface area contributed by atoms with E-state index in [1.807, 2.05) is 49.4 Å². The summed E-state index contributed by atoms with van der Waals surface area (Å²) in [7, 11) is 0. The summed E-state index contributed by atoms with van der Waals surface area (Å²) < 4.78 is 0. The Kier molecular flexibility index (Phi) is 4.25. The number of nitrogens with one attached hydrogen (secondary N) is 3. The Morgan fingerprint density at radius 1 is 1.29 bits per heavy atom. The molecule has 3 aromatic rings. The van der Waals surface area contributed by atoms with Crippen LogP contribution >= 0.6 is 0 Å². The van der Waals surface area contributed by atoms with Gasteiger partial charge in [-0.1, -0.05) is 18.2 Å². The molecular formula is C18H15N5O. The van der Waals surface area contributed by atoms with Gasteiger partial charge in [0.15, 0.2) is 0 Å². The Hall–Kier alpha value is -3.59. The van der Waals surface area contributed by atoms with Crippen molar-refractivity contribution in [2.75, 3.05) is 10.6 Å². The van der Waals surface area contributed by atoms with Crippen LogP contribution in [0.15, 0.2) is 60.6 Å². The Bertz CT molecular complexity index is 965. The quantitative estimate of drug-likeness (QED) is 0.508. The van der Waals surface area contributed by atoms with Gasteiger partial charge in [-0.15, -0.1) is 0 Å². The fraction of sp³-hybridized carbons (Fsp3) is 0.0556. The Labute approximate surface area is 138 Å². The van der Waals surface area contributed by atoms with Crippen molar-refractivity contribution in [3.8, 4) is 6.07 Å². The number of nitrogens with zero attached hydrogens (tertiary/aromatic N) is 2. The van der Waals surface area contributed by atoms with Crippen molar-refractivity contribution < 1.29 is 4.79 Å². The fourth-order valence-electron chi connectivity index (χ4n) is 2.23. The van der Waals surface area contributed by atoms with Crippen molar-refractivity contribution in [2.45, 2.75) is 6.92 Å². The van der Waals surface area contributed by atoms with Crippen molar-refractivity contribution in [1.82, 2.24) is 9.97 Å². The van der Waals surface area contributed by atoms with Gasteiger partial charge in [-0.05, 0) is 36.8 Å². The lowest BCUT2D eigenvalue weighted by Gasteiger charge is -2.07. The largest absolute Gasteiger partial charge is 0.360 e. The molecule has 1 aromatic heterocycles. The average Bonchev–Trinajstić information content (AvgIpc) is 3.05. The first-order valence-electron chi connectivity index (χ1n) is 7.34. The van der Waals surface area contributed by atoms with Crippen molar-refractivity contribution in [3.63, 3.8) is 0 Å². The molecule has 0 aliphatic carbocycles. The lowest BCUT2D eigenvalue weighted by molar-refractivity contribution is -0.112. The third kappa shape index (κ3) is 3.25. The second-order valence-electron chi connectivity index (χ2n) is 5.22. The van der Waals surface area contributed by atoms with Crippen LogP contribution in [0.2, 0.25) is 0 Å². The molecule has 0 aliphatic heterocycles. The number of rotatable bonds is 4. The fourth-order valence-corrected chi connectivity index (χ4v) is 2.23. The first-order chi connectivity index (χ1) is 11.7. The maximum Gasteiger partial charge on any atom is 0.267 e. The number of H-pyrrole nitrogens is 1. The highest BCUT2D eigenvalue weighted by molar-refractivity contribution is 6.07. The van der Waals surface area contributed by atoms with E-state index in [1.54, 1.807) is 12.4 Å². The topological polar surface area (TPSA) is 93.6 Å². The number of para-hydroxylation sites is 1. The number of fused-ring (bicyclic) bond motifs is 1. The zero-order valence-electron chi connectivity index (χ0n) is 13.0. The maximum absolute atomic E-state index is 12.2. The number of benzene rings is 2. The van der Waals surface area contributed by atoms with Crippen LogP contribution in [0.5, 0.6) is 0 Å². The number of aryl methyl sites for hydroxylation is 1. The standard InChI is InChI=1S/C18H15N5O/c1-12-4-2-3-5-15(12)23-18(24)13(9-19)10-20-14-6-7-16-17(8-14)22-11-21-16/h2-8,10-11,20H,1H3,(H,21,22)(H,23,24)/b13-10-. The number of hydrogen-bond donors (Lipinski definition) is 3. The van der Waals surface area contributed by atoms with E-state index in [4.69, 9.17) is 0 Å². The molecule has 6 nitrogen and oxygen atoms in total. The molecule has 0 saturated carbocycles. The number of carbonyl (C=O) groups excluding carboxylic acids is 1. The zero-order valence-corrected chi connectivity index (χ0v) is 13.0. The van der Waals surface area contributed by atoms with Gasteiger partial charge < -0.3 is 15.6 Å². The summed E-state index contributed by atoms with van der Waals surface area (Å²) in [5.74, 6) is -0.457. The predicted octanol–water partition coefficient (Wildman–Crippen LogP) is 3.33. The highest BCUT2D eigenvalue weighted by Crippen LogP contribution is 2.17. The van der Waals surface area contributed by atoms with Gasteiger partial charge in [-0.2, -0.15) is 5.26 Å². The van der Waals surface area contributed by atoms with Crippen molar-refractivity contribution in [2.24, 2.45) is 0 Å². The molecule has 0 aliphatic rings. The van der Waals surface area contributed by atoms with Gasteiger partial charge in [-0.25, -0.2) is 4.98 Å². The van der Waals surface area contributed by atoms with Gasteiger partial charge in [0.2, 0.25) is 0 Å². The van der Waals surface area contributed by atoms with E-state index in [1.165, 1.54) is 6.20 Å². The first kappa shape index (κ1) is 15.3. The van der Waals surface area contributed by atoms with Gasteiger partial charge in [0, 0.05) is 17.6 Å². The summed E-state index contributed by atoms with van der Waals surface area (Å²) in [5, 5.41) is 14.9. The molecule has 0 spiro atoms. The molecule has 0 fully saturated rings. The van der Waals surface area contributed by atoms with Crippen LogP contribution in [0.25, 0.3) is 11.0 Å². The number of aromatic amines is 1. The molecule has 6 heteroatoms. The second kappa shape index (κ2) is 6.67. The predicted molar refractivity (Wildman–Crippen MR) is 93.2 cm³/mol. The minimum Gasteiger partial charge on any atom is -0.360 e. The number of hydrogen-bond acceptors (Lipinski definition) is 4. The minimum atomic E-state index is -0.457. The SMILES string of the molecule is Cc1ccccc1NC(=O)/C(C#N)=C\Nc1ccc2nc[nH]c2c1. The van der Waals surface area contributed by atoms with Crippen molar-refractivity contribution in [1.29, 1.82) is 5.26 Å². The third-order valence-corrected chi connectivity index (χ3v) is 3.56. The molecule has 2 aromatic carbocycles. The molecule has 0 radical (unpaired) electrons. The summed E-state index contributed by atoms with van der Waals surface area (Å²) >= 11 is 0. The monoisotopic (exact) mass is 317 g/mol. The first-order valence-corrected chi connectivity index (χ1v) is 7.34. The van der Waals surface area contributed by atoms with Crippen LogP contribution in [0.3, 0.4) is 0 Å². The highest BCUT2D eigenvalue weighted by atomic mass is 16.1. The lowest BCUT2D eigenvalue weighted by atomic mass is 10.2. The molecule has 0 bridgehead atoms. The summed E-state index contributed by atoms with van der Waals surface area (Å²) in [5.41, 5.74) is 4.08. The Balaban J connectivity index is 1.75. The van der Waals surface area contributed by atoms with E-state index >= 15 is 0 Å². The van der Waals surface area contributed by atoms with E-state index in [0.717, 1.165) is 22.3 Å². The minimum absolute atomic E-state index is 0.0111. The molecule has 1 heterocycles. The van der Waals surface area contributed by atoms with Crippen LogP contribution in [0.4, 0.5) is 11.4 Å². The molecule has 0 atom stereocenters. The van der Waals surface area contributed by atoms with Crippen molar-refractivity contribution in [3.05, 3.63) is 66.1 Å². The van der Waals surface area contributed by atoms with Gasteiger partial charge in [-0.3, -0.25) is 4.79 Å². The van der Waals surface area contributed by atoms with E-state index in [0.29, 0.717) is 5.69 Å². The molecule has 118 valence electrons. The number of anilines is 2. The van der Waals surface area contributed by atoms with Gasteiger partial charge in [0.05, 0.1) is 17.4 Å². The van der Waals surface area contributed by atoms with Crippen LogP contribution in [-0.2, 0) is 4.79 Å². The zero-order chi connectivity index (χ0) is 16.9. The summed E-state index contributed by atoms with van der Waals surface area (Å²) in [6.07, 6.45) is 3.01. The summed E-state index contributed by atoms with van der Waals surface area (Å²) in [4.78, 5) is 19.4. The smallest absolute Gasteiger partial charge is 0.267 e. The number of aromatic nitrogens is 2. The number of imidazole rings is 1. The van der Waals surface area contributed by atoms with E-state index in [9.17, 15) is 10.1 Å². The second-order valence-corrected chi connectivity index (χ2v) is 5.22. The molecule has 3 rings (SSSR count). The summed E-state index contributed by atoms with van der Waals surface area (Å²) in [6.45, 7) is 1.89. The van der Waals surface area contributed by atoms with Crippen LogP contribution in [0, 0.1) is 18.3 Å². The van der Waals surface area contributed by atoms with Gasteiger partial charge in [0.25, 0.3) is 5.91 Å². The normalized spacial score (nSPS) is 11.1. The summed E-state index contributed by atoms with van der Waals surface area (Å²) in [6, 6.07) is 14.8. The van der Waals surface area contributed by atoms with E-state index in [2.05, 4.69) is 20.6 Å². The maximum atomic E-state index is 12.2. The Morgan fingerprint density at radius 3 is 2.92 bits per heavy atom. The van der Waals surface area contributed by atoms with E-state index in [-0.39, 0.29) is 5.57 Å². The third-order valence-electron chi connectivity index (χ3n) is 3.56. The molecule has 0 saturated heterocycles. The van der Waals surface area contributed by atoms with E-state index < -0.39 is 5.91 Å². The average molecular weight is 317 g/mol. The van der Waals surface area contributed by atoms with Crippen molar-refractivity contribution >= 4 is 28.3 Å². The molecular weight excluding hydrogens is 302 g/mol. The van der Waals surface area contributed by atoms with Crippen LogP contribution < -0.4 is 10.6 Å². The number of amides is 1. The van der Waals surface area contributed by atoms with Crippen LogP contribution in [-0.4, -0.2) is 15.9 Å². The van der Waals surface area contributed by atoms with Gasteiger partial charge >= 0.3 is 0 Å². The number of carbonyl (C=O) groups is 1. The van der Waals surface area contributed by atoms with Crippen LogP contribution in [0.1, 0.15) is 5.56 Å². The highest BCUT2D eigenvalue weighted by Gasteiger charge is 2.10. The van der Waals surface area contributed by atoms with Gasteiger partial charge in [0.1, 0.15) is 11.6 Å². The lowest BCUT2D eigenvalue weighted by Crippen LogP contribution is -2.15. The Morgan fingerprint density at radius 2 is 2.12 bits per heavy atom. The number of nitriles is 1. The molecule has 1 amide bonds. The molecule has 0 unspecified atom stereocenters. The molecule has 24 heavy (non-hydrogen) atoms. The molecule has 3 N–H and O–H groups in total.